The summed E-state index contributed by atoms with van der Waals surface area (Å²) in [5, 5.41) is 6.02. The van der Waals surface area contributed by atoms with E-state index in [2.05, 4.69) is 47.2 Å². The molecule has 0 unspecified atom stereocenters. The summed E-state index contributed by atoms with van der Waals surface area (Å²) in [6.07, 6.45) is 2.35. The first kappa shape index (κ1) is 20.0. The molecule has 0 atom stereocenters. The molecule has 2 heterocycles. The maximum atomic E-state index is 12.0. The van der Waals surface area contributed by atoms with Crippen LogP contribution in [0.4, 0.5) is 5.82 Å². The zero-order valence-corrected chi connectivity index (χ0v) is 17.2. The minimum absolute atomic E-state index is 0.0833. The molecule has 0 aliphatic heterocycles. The normalized spacial score (nSPS) is 11.3. The summed E-state index contributed by atoms with van der Waals surface area (Å²) >= 11 is 3.48. The molecule has 2 aromatic rings. The maximum Gasteiger partial charge on any atom is 0.227 e. The van der Waals surface area contributed by atoms with Crippen LogP contribution in [0.3, 0.4) is 0 Å². The zero-order chi connectivity index (χ0) is 19.1. The van der Waals surface area contributed by atoms with Crippen molar-refractivity contribution in [3.63, 3.8) is 0 Å². The van der Waals surface area contributed by atoms with Gasteiger partial charge in [0.2, 0.25) is 5.91 Å². The number of carbonyl (C=O) groups excluding carboxylic acids is 1. The average Bonchev–Trinajstić information content (AvgIpc) is 2.88. The number of nitrogens with one attached hydrogen (secondary N) is 2. The van der Waals surface area contributed by atoms with Gasteiger partial charge in [0, 0.05) is 56.2 Å². The molecule has 0 saturated carbocycles. The quantitative estimate of drug-likeness (QED) is 0.556. The highest BCUT2D eigenvalue weighted by Gasteiger charge is 2.10. The smallest absolute Gasteiger partial charge is 0.227 e. The van der Waals surface area contributed by atoms with Gasteiger partial charge in [-0.3, -0.25) is 9.79 Å². The number of hydrogen-bond acceptors (Lipinski definition) is 3. The Labute approximate surface area is 162 Å². The van der Waals surface area contributed by atoms with Crippen molar-refractivity contribution >= 4 is 33.6 Å². The molecule has 0 bridgehead atoms. The lowest BCUT2D eigenvalue weighted by Gasteiger charge is -2.22. The van der Waals surface area contributed by atoms with E-state index in [1.807, 2.05) is 44.2 Å². The maximum absolute atomic E-state index is 12.0. The van der Waals surface area contributed by atoms with Crippen LogP contribution in [0.25, 0.3) is 0 Å². The second-order valence-electron chi connectivity index (χ2n) is 6.05. The lowest BCUT2D eigenvalue weighted by molar-refractivity contribution is -0.116. The molecule has 2 aromatic heterocycles. The first-order valence-corrected chi connectivity index (χ1v) is 9.14. The van der Waals surface area contributed by atoms with E-state index in [1.165, 1.54) is 0 Å². The Kier molecular flexibility index (Phi) is 7.20. The third-order valence-corrected chi connectivity index (χ3v) is 4.27. The minimum atomic E-state index is -0.0833. The minimum Gasteiger partial charge on any atom is -0.356 e. The Bertz CT molecular complexity index is 786. The fourth-order valence-electron chi connectivity index (χ4n) is 2.53. The third-order valence-electron chi connectivity index (χ3n) is 3.84. The second kappa shape index (κ2) is 9.38. The van der Waals surface area contributed by atoms with Gasteiger partial charge >= 0.3 is 0 Å². The van der Waals surface area contributed by atoms with Crippen molar-refractivity contribution in [3.8, 4) is 0 Å². The predicted octanol–water partition coefficient (Wildman–Crippen LogP) is 2.53. The Morgan fingerprint density at radius 2 is 2.19 bits per heavy atom. The number of nitrogens with zero attached hydrogens (tertiary/aromatic N) is 4. The lowest BCUT2D eigenvalue weighted by atomic mass is 10.3. The van der Waals surface area contributed by atoms with Crippen LogP contribution in [0.5, 0.6) is 0 Å². The summed E-state index contributed by atoms with van der Waals surface area (Å²) in [4.78, 5) is 22.6. The number of rotatable bonds is 6. The fourth-order valence-corrected chi connectivity index (χ4v) is 3.10. The van der Waals surface area contributed by atoms with E-state index < -0.39 is 0 Å². The Morgan fingerprint density at radius 1 is 1.42 bits per heavy atom. The number of anilines is 1. The van der Waals surface area contributed by atoms with Crippen LogP contribution in [0.15, 0.2) is 39.9 Å². The number of carbonyl (C=O) groups is 1. The number of guanidine groups is 1. The molecule has 0 saturated heterocycles. The monoisotopic (exact) mass is 420 g/mol. The summed E-state index contributed by atoms with van der Waals surface area (Å²) in [6.45, 7) is 3.09. The van der Waals surface area contributed by atoms with E-state index in [-0.39, 0.29) is 5.91 Å². The molecule has 0 fully saturated rings. The molecule has 1 amide bonds. The van der Waals surface area contributed by atoms with E-state index in [0.29, 0.717) is 25.3 Å². The van der Waals surface area contributed by atoms with E-state index in [4.69, 9.17) is 0 Å². The number of aromatic nitrogens is 2. The molecule has 8 heteroatoms. The van der Waals surface area contributed by atoms with Crippen LogP contribution in [0, 0.1) is 6.92 Å². The van der Waals surface area contributed by atoms with Gasteiger partial charge in [0.25, 0.3) is 0 Å². The number of aliphatic imine (C=N–C) groups is 1. The molecule has 7 nitrogen and oxygen atoms in total. The van der Waals surface area contributed by atoms with Crippen LogP contribution < -0.4 is 10.6 Å². The molecule has 0 aliphatic carbocycles. The highest BCUT2D eigenvalue weighted by atomic mass is 79.9. The summed E-state index contributed by atoms with van der Waals surface area (Å²) in [6, 6.07) is 7.62. The van der Waals surface area contributed by atoms with Gasteiger partial charge in [0.1, 0.15) is 5.82 Å². The lowest BCUT2D eigenvalue weighted by Crippen LogP contribution is -2.40. The molecule has 0 radical (unpaired) electrons. The first-order chi connectivity index (χ1) is 12.4. The number of hydrogen-bond donors (Lipinski definition) is 2. The number of aryl methyl sites for hydroxylation is 2. The summed E-state index contributed by atoms with van der Waals surface area (Å²) in [7, 11) is 5.71. The van der Waals surface area contributed by atoms with Crippen LogP contribution in [-0.4, -0.2) is 47.0 Å². The summed E-state index contributed by atoms with van der Waals surface area (Å²) < 4.78 is 3.11. The number of amides is 1. The van der Waals surface area contributed by atoms with Gasteiger partial charge < -0.3 is 20.1 Å². The third kappa shape index (κ3) is 5.87. The number of halogens is 1. The number of pyridine rings is 1. The van der Waals surface area contributed by atoms with Crippen LogP contribution >= 0.6 is 15.9 Å². The molecule has 0 aliphatic rings. The van der Waals surface area contributed by atoms with E-state index >= 15 is 0 Å². The van der Waals surface area contributed by atoms with Crippen LogP contribution in [0.2, 0.25) is 0 Å². The molecular formula is C18H25BrN6O. The van der Waals surface area contributed by atoms with Crippen molar-refractivity contribution in [2.24, 2.45) is 12.0 Å². The van der Waals surface area contributed by atoms with Crippen molar-refractivity contribution in [2.75, 3.05) is 26.0 Å². The highest BCUT2D eigenvalue weighted by Crippen LogP contribution is 2.14. The Morgan fingerprint density at radius 3 is 2.81 bits per heavy atom. The topological polar surface area (TPSA) is 74.5 Å². The van der Waals surface area contributed by atoms with Crippen molar-refractivity contribution < 1.29 is 4.79 Å². The Hall–Kier alpha value is -2.35. The van der Waals surface area contributed by atoms with Crippen LogP contribution in [-0.2, 0) is 18.4 Å². The van der Waals surface area contributed by atoms with Crippen LogP contribution in [0.1, 0.15) is 17.8 Å². The van der Waals surface area contributed by atoms with Gasteiger partial charge in [-0.25, -0.2) is 4.98 Å². The predicted molar refractivity (Wildman–Crippen MR) is 108 cm³/mol. The van der Waals surface area contributed by atoms with E-state index in [1.54, 1.807) is 13.1 Å². The summed E-state index contributed by atoms with van der Waals surface area (Å²) in [5.41, 5.74) is 2.03. The molecule has 2 rings (SSSR count). The molecule has 2 N–H and O–H groups in total. The van der Waals surface area contributed by atoms with Crippen molar-refractivity contribution in [2.45, 2.75) is 19.9 Å². The van der Waals surface area contributed by atoms with Gasteiger partial charge in [0.15, 0.2) is 5.96 Å². The van der Waals surface area contributed by atoms with Gasteiger partial charge in [-0.2, -0.15) is 0 Å². The largest absolute Gasteiger partial charge is 0.356 e. The highest BCUT2D eigenvalue weighted by molar-refractivity contribution is 9.10. The Balaban J connectivity index is 1.80. The van der Waals surface area contributed by atoms with E-state index in [0.717, 1.165) is 21.8 Å². The van der Waals surface area contributed by atoms with Gasteiger partial charge in [-0.1, -0.05) is 6.07 Å². The average molecular weight is 421 g/mol. The van der Waals surface area contributed by atoms with Crippen molar-refractivity contribution in [1.82, 2.24) is 19.8 Å². The van der Waals surface area contributed by atoms with Gasteiger partial charge in [0.05, 0.1) is 6.54 Å². The second-order valence-corrected chi connectivity index (χ2v) is 6.97. The SMILES string of the molecule is CN=C(NCCC(=O)Nc1cccc(C)n1)N(C)Cc1cc(Br)cn1C. The molecule has 0 spiro atoms. The van der Waals surface area contributed by atoms with Crippen molar-refractivity contribution in [3.05, 3.63) is 46.3 Å². The standard InChI is InChI=1S/C18H25BrN6O/c1-13-6-5-7-16(22-13)23-17(26)8-9-21-18(20-2)25(4)12-15-10-14(19)11-24(15)3/h5-7,10-11H,8-9,12H2,1-4H3,(H,20,21)(H,22,23,26). The molecule has 0 aromatic carbocycles. The first-order valence-electron chi connectivity index (χ1n) is 8.35. The molecular weight excluding hydrogens is 396 g/mol. The van der Waals surface area contributed by atoms with Gasteiger partial charge in [-0.15, -0.1) is 0 Å². The fraction of sp³-hybridized carbons (Fsp3) is 0.389. The summed E-state index contributed by atoms with van der Waals surface area (Å²) in [5.74, 6) is 1.23. The molecule has 140 valence electrons. The van der Waals surface area contributed by atoms with E-state index in [9.17, 15) is 4.79 Å². The van der Waals surface area contributed by atoms with Crippen molar-refractivity contribution in [1.29, 1.82) is 0 Å². The molecule has 26 heavy (non-hydrogen) atoms. The zero-order valence-electron chi connectivity index (χ0n) is 15.6. The van der Waals surface area contributed by atoms with Gasteiger partial charge in [-0.05, 0) is 41.1 Å².